The second-order valence-electron chi connectivity index (χ2n) is 6.14. The number of nitro benzene ring substituents is 1. The Labute approximate surface area is 160 Å². The van der Waals surface area contributed by atoms with E-state index in [0.29, 0.717) is 5.39 Å². The molecule has 1 N–H and O–H groups in total. The molecule has 0 aliphatic rings. The van der Waals surface area contributed by atoms with Crippen molar-refractivity contribution in [3.05, 3.63) is 52.6 Å². The fourth-order valence-electron chi connectivity index (χ4n) is 2.66. The van der Waals surface area contributed by atoms with Gasteiger partial charge >= 0.3 is 0 Å². The summed E-state index contributed by atoms with van der Waals surface area (Å²) in [6.07, 6.45) is 0. The van der Waals surface area contributed by atoms with Crippen molar-refractivity contribution in [2.24, 2.45) is 17.3 Å². The number of hydrogen-bond donors (Lipinski definition) is 1. The molecule has 0 radical (unpaired) electrons. The molecule has 3 aromatic rings. The van der Waals surface area contributed by atoms with Crippen molar-refractivity contribution in [1.82, 2.24) is 8.87 Å². The molecule has 0 amide bonds. The van der Waals surface area contributed by atoms with Crippen molar-refractivity contribution in [3.63, 3.8) is 0 Å². The summed E-state index contributed by atoms with van der Waals surface area (Å²) in [6.45, 7) is 0. The molecule has 28 heavy (non-hydrogen) atoms. The number of aromatic nitrogens is 1. The summed E-state index contributed by atoms with van der Waals surface area (Å²) < 4.78 is 27.6. The predicted molar refractivity (Wildman–Crippen MR) is 103 cm³/mol. The highest BCUT2D eigenvalue weighted by atomic mass is 32.2. The van der Waals surface area contributed by atoms with Gasteiger partial charge in [0.05, 0.1) is 10.4 Å². The first-order valence-corrected chi connectivity index (χ1v) is 9.47. The standard InChI is InChI=1S/C17H17N5O5S/c1-20(2)28(26,27)15-10-11(22(24)25)8-9-13(15)18-19-16-12-6-4-5-7-14(12)21(3)17(16)23/h4-10,23H,1-3H3. The lowest BCUT2D eigenvalue weighted by molar-refractivity contribution is -0.385. The smallest absolute Gasteiger partial charge is 0.270 e. The Bertz CT molecular complexity index is 1210. The van der Waals surface area contributed by atoms with Gasteiger partial charge in [-0.2, -0.15) is 0 Å². The van der Waals surface area contributed by atoms with Crippen LogP contribution in [-0.4, -0.2) is 41.4 Å². The fourth-order valence-corrected chi connectivity index (χ4v) is 3.70. The van der Waals surface area contributed by atoms with Gasteiger partial charge in [0.2, 0.25) is 15.9 Å². The van der Waals surface area contributed by atoms with E-state index in [2.05, 4.69) is 10.2 Å². The Morgan fingerprint density at radius 3 is 2.46 bits per heavy atom. The van der Waals surface area contributed by atoms with Gasteiger partial charge in [0.25, 0.3) is 5.69 Å². The third-order valence-corrected chi connectivity index (χ3v) is 6.06. The van der Waals surface area contributed by atoms with Crippen LogP contribution < -0.4 is 0 Å². The summed E-state index contributed by atoms with van der Waals surface area (Å²) in [5.74, 6) is -0.135. The lowest BCUT2D eigenvalue weighted by atomic mass is 10.2. The van der Waals surface area contributed by atoms with Crippen molar-refractivity contribution in [1.29, 1.82) is 0 Å². The minimum absolute atomic E-state index is 0.0772. The maximum Gasteiger partial charge on any atom is 0.270 e. The average molecular weight is 403 g/mol. The summed E-state index contributed by atoms with van der Waals surface area (Å²) in [6, 6.07) is 10.4. The Balaban J connectivity index is 2.18. The Morgan fingerprint density at radius 2 is 1.82 bits per heavy atom. The molecule has 1 heterocycles. The van der Waals surface area contributed by atoms with Crippen LogP contribution in [0.5, 0.6) is 5.88 Å². The molecule has 11 heteroatoms. The summed E-state index contributed by atoms with van der Waals surface area (Å²) >= 11 is 0. The number of azo groups is 1. The Morgan fingerprint density at radius 1 is 1.14 bits per heavy atom. The van der Waals surface area contributed by atoms with E-state index in [4.69, 9.17) is 0 Å². The number of aromatic hydroxyl groups is 1. The van der Waals surface area contributed by atoms with Crippen LogP contribution in [0.15, 0.2) is 57.6 Å². The largest absolute Gasteiger partial charge is 0.493 e. The monoisotopic (exact) mass is 403 g/mol. The van der Waals surface area contributed by atoms with E-state index in [9.17, 15) is 23.6 Å². The van der Waals surface area contributed by atoms with Gasteiger partial charge in [0, 0.05) is 38.7 Å². The molecule has 10 nitrogen and oxygen atoms in total. The lowest BCUT2D eigenvalue weighted by Crippen LogP contribution is -2.22. The first kappa shape index (κ1) is 19.5. The van der Waals surface area contributed by atoms with E-state index < -0.39 is 14.9 Å². The number of nitrogens with zero attached hydrogens (tertiary/aromatic N) is 5. The SMILES string of the molecule is CN(C)S(=O)(=O)c1cc([N+](=O)[O-])ccc1N=Nc1c(O)n(C)c2ccccc12. The van der Waals surface area contributed by atoms with E-state index in [1.54, 1.807) is 31.3 Å². The minimum atomic E-state index is -4.01. The first-order valence-electron chi connectivity index (χ1n) is 8.03. The maximum absolute atomic E-state index is 12.6. The molecule has 0 atom stereocenters. The average Bonchev–Trinajstić information content (AvgIpc) is 2.90. The van der Waals surface area contributed by atoms with Crippen LogP contribution in [0.4, 0.5) is 17.1 Å². The van der Waals surface area contributed by atoms with E-state index >= 15 is 0 Å². The number of benzene rings is 2. The van der Waals surface area contributed by atoms with Crippen LogP contribution >= 0.6 is 0 Å². The number of nitro groups is 1. The summed E-state index contributed by atoms with van der Waals surface area (Å²) in [5, 5.41) is 30.0. The fraction of sp³-hybridized carbons (Fsp3) is 0.176. The van der Waals surface area contributed by atoms with Gasteiger partial charge in [0.15, 0.2) is 5.69 Å². The molecule has 0 bridgehead atoms. The zero-order valence-electron chi connectivity index (χ0n) is 15.3. The maximum atomic E-state index is 12.6. The second-order valence-corrected chi connectivity index (χ2v) is 8.27. The Hall–Kier alpha value is -3.31. The molecule has 0 aliphatic carbocycles. The molecular formula is C17H17N5O5S. The van der Waals surface area contributed by atoms with Crippen molar-refractivity contribution < 1.29 is 18.4 Å². The number of para-hydroxylation sites is 1. The van der Waals surface area contributed by atoms with Crippen molar-refractivity contribution in [2.45, 2.75) is 4.90 Å². The predicted octanol–water partition coefficient (Wildman–Crippen LogP) is 3.46. The van der Waals surface area contributed by atoms with Gasteiger partial charge in [-0.05, 0) is 12.1 Å². The number of sulfonamides is 1. The minimum Gasteiger partial charge on any atom is -0.493 e. The van der Waals surface area contributed by atoms with Gasteiger partial charge in [0.1, 0.15) is 10.6 Å². The highest BCUT2D eigenvalue weighted by molar-refractivity contribution is 7.89. The van der Waals surface area contributed by atoms with E-state index in [1.807, 2.05) is 0 Å². The number of non-ortho nitro benzene ring substituents is 1. The molecule has 0 fully saturated rings. The third-order valence-electron chi connectivity index (χ3n) is 4.22. The van der Waals surface area contributed by atoms with Crippen LogP contribution in [0.1, 0.15) is 0 Å². The quantitative estimate of drug-likeness (QED) is 0.396. The summed E-state index contributed by atoms with van der Waals surface area (Å²) in [7, 11) is 0.272. The van der Waals surface area contributed by atoms with Gasteiger partial charge < -0.3 is 9.67 Å². The van der Waals surface area contributed by atoms with Gasteiger partial charge in [-0.15, -0.1) is 10.2 Å². The molecule has 1 aromatic heterocycles. The normalized spacial score (nSPS) is 12.3. The first-order chi connectivity index (χ1) is 13.1. The van der Waals surface area contributed by atoms with E-state index in [1.165, 1.54) is 24.7 Å². The van der Waals surface area contributed by atoms with Gasteiger partial charge in [-0.3, -0.25) is 10.1 Å². The molecule has 0 spiro atoms. The van der Waals surface area contributed by atoms with Crippen LogP contribution in [0.25, 0.3) is 10.9 Å². The second kappa shape index (κ2) is 7.02. The molecule has 0 saturated heterocycles. The van der Waals surface area contributed by atoms with Crippen molar-refractivity contribution in [3.8, 4) is 5.88 Å². The molecular weight excluding hydrogens is 386 g/mol. The molecule has 0 unspecified atom stereocenters. The topological polar surface area (TPSA) is 130 Å². The highest BCUT2D eigenvalue weighted by Gasteiger charge is 2.25. The van der Waals surface area contributed by atoms with Gasteiger partial charge in [-0.1, -0.05) is 18.2 Å². The summed E-state index contributed by atoms with van der Waals surface area (Å²) in [4.78, 5) is 10.0. The molecule has 0 aliphatic heterocycles. The van der Waals surface area contributed by atoms with Crippen LogP contribution in [0, 0.1) is 10.1 Å². The van der Waals surface area contributed by atoms with Gasteiger partial charge in [-0.25, -0.2) is 12.7 Å². The summed E-state index contributed by atoms with van der Waals surface area (Å²) in [5.41, 5.74) is 0.433. The number of hydrogen-bond acceptors (Lipinski definition) is 7. The lowest BCUT2D eigenvalue weighted by Gasteiger charge is -2.12. The van der Waals surface area contributed by atoms with Crippen LogP contribution in [0.3, 0.4) is 0 Å². The molecule has 2 aromatic carbocycles. The van der Waals surface area contributed by atoms with E-state index in [-0.39, 0.29) is 27.8 Å². The van der Waals surface area contributed by atoms with Crippen LogP contribution in [-0.2, 0) is 17.1 Å². The third kappa shape index (κ3) is 3.21. The van der Waals surface area contributed by atoms with E-state index in [0.717, 1.165) is 22.0 Å². The molecule has 146 valence electrons. The zero-order chi connectivity index (χ0) is 20.6. The Kier molecular flexibility index (Phi) is 4.87. The van der Waals surface area contributed by atoms with Crippen molar-refractivity contribution >= 4 is 38.0 Å². The zero-order valence-corrected chi connectivity index (χ0v) is 16.1. The van der Waals surface area contributed by atoms with Crippen molar-refractivity contribution in [2.75, 3.05) is 14.1 Å². The number of fused-ring (bicyclic) bond motifs is 1. The highest BCUT2D eigenvalue weighted by Crippen LogP contribution is 2.39. The number of aryl methyl sites for hydroxylation is 1. The molecule has 3 rings (SSSR count). The number of rotatable bonds is 5. The molecule has 0 saturated carbocycles. The van der Waals surface area contributed by atoms with Crippen LogP contribution in [0.2, 0.25) is 0 Å².